The normalized spacial score (nSPS) is 15.0. The summed E-state index contributed by atoms with van der Waals surface area (Å²) in [5.74, 6) is 2.38. The lowest BCUT2D eigenvalue weighted by molar-refractivity contribution is 0.356. The summed E-state index contributed by atoms with van der Waals surface area (Å²) in [7, 11) is 3.20. The van der Waals surface area contributed by atoms with Crippen LogP contribution in [0.2, 0.25) is 0 Å². The molecule has 1 fully saturated rings. The molecule has 0 bridgehead atoms. The van der Waals surface area contributed by atoms with Gasteiger partial charge in [0.25, 0.3) is 0 Å². The largest absolute Gasteiger partial charge is 0.493 e. The molecule has 3 rings (SSSR count). The minimum absolute atomic E-state index is 0. The Morgan fingerprint density at radius 1 is 1.09 bits per heavy atom. The molecule has 2 heterocycles. The quantitative estimate of drug-likeness (QED) is 0.875. The second kappa shape index (κ2) is 7.52. The highest BCUT2D eigenvalue weighted by molar-refractivity contribution is 5.91. The Hall–Kier alpha value is -1.99. The molecule has 1 saturated heterocycles. The van der Waals surface area contributed by atoms with Gasteiger partial charge < -0.3 is 25.4 Å². The van der Waals surface area contributed by atoms with Crippen LogP contribution in [0.15, 0.2) is 12.1 Å². The average Bonchev–Trinajstić information content (AvgIpc) is 2.82. The van der Waals surface area contributed by atoms with E-state index in [0.717, 1.165) is 43.5 Å². The summed E-state index contributed by atoms with van der Waals surface area (Å²) in [6.45, 7) is 3.74. The van der Waals surface area contributed by atoms with E-state index in [9.17, 15) is 0 Å². The van der Waals surface area contributed by atoms with Crippen LogP contribution >= 0.6 is 12.4 Å². The van der Waals surface area contributed by atoms with E-state index in [-0.39, 0.29) is 12.4 Å². The highest BCUT2D eigenvalue weighted by Crippen LogP contribution is 2.34. The van der Waals surface area contributed by atoms with Crippen molar-refractivity contribution in [3.8, 4) is 11.5 Å². The van der Waals surface area contributed by atoms with E-state index in [4.69, 9.17) is 15.2 Å². The van der Waals surface area contributed by atoms with Crippen LogP contribution < -0.4 is 25.4 Å². The van der Waals surface area contributed by atoms with Crippen molar-refractivity contribution in [2.45, 2.75) is 6.42 Å². The van der Waals surface area contributed by atoms with Gasteiger partial charge in [-0.05, 0) is 19.0 Å². The minimum atomic E-state index is 0. The molecular formula is C15H22ClN5O2. The summed E-state index contributed by atoms with van der Waals surface area (Å²) in [6.07, 6.45) is 1.06. The van der Waals surface area contributed by atoms with Gasteiger partial charge >= 0.3 is 0 Å². The SMILES string of the molecule is COc1cc2nc(N3CCCNCC3)nc(N)c2cc1OC.Cl. The summed E-state index contributed by atoms with van der Waals surface area (Å²) in [5, 5.41) is 4.14. The molecule has 126 valence electrons. The number of hydrogen-bond donors (Lipinski definition) is 2. The fourth-order valence-corrected chi connectivity index (χ4v) is 2.65. The maximum atomic E-state index is 6.13. The number of anilines is 2. The molecule has 0 radical (unpaired) electrons. The number of hydrogen-bond acceptors (Lipinski definition) is 7. The molecular weight excluding hydrogens is 318 g/mol. The Kier molecular flexibility index (Phi) is 5.68. The number of fused-ring (bicyclic) bond motifs is 1. The number of benzene rings is 1. The van der Waals surface area contributed by atoms with Gasteiger partial charge in [-0.2, -0.15) is 4.98 Å². The van der Waals surface area contributed by atoms with Crippen LogP contribution in [0.25, 0.3) is 10.9 Å². The van der Waals surface area contributed by atoms with Crippen LogP contribution in [0.1, 0.15) is 6.42 Å². The number of halogens is 1. The molecule has 1 aromatic heterocycles. The van der Waals surface area contributed by atoms with Crippen LogP contribution in [0.3, 0.4) is 0 Å². The van der Waals surface area contributed by atoms with E-state index in [1.54, 1.807) is 14.2 Å². The number of rotatable bonds is 3. The predicted octanol–water partition coefficient (Wildman–Crippen LogP) is 1.45. The summed E-state index contributed by atoms with van der Waals surface area (Å²) in [5.41, 5.74) is 6.89. The fraction of sp³-hybridized carbons (Fsp3) is 0.467. The Balaban J connectivity index is 0.00000192. The molecule has 1 aromatic carbocycles. The number of nitrogen functional groups attached to an aromatic ring is 1. The summed E-state index contributed by atoms with van der Waals surface area (Å²) in [4.78, 5) is 11.3. The van der Waals surface area contributed by atoms with Crippen molar-refractivity contribution in [1.82, 2.24) is 15.3 Å². The molecule has 2 aromatic rings. The first-order valence-electron chi connectivity index (χ1n) is 7.38. The van der Waals surface area contributed by atoms with E-state index in [1.165, 1.54) is 0 Å². The van der Waals surface area contributed by atoms with Crippen molar-refractivity contribution in [2.24, 2.45) is 0 Å². The molecule has 0 amide bonds. The van der Waals surface area contributed by atoms with E-state index in [0.29, 0.717) is 23.3 Å². The molecule has 1 aliphatic rings. The maximum absolute atomic E-state index is 6.13. The third-order valence-corrected chi connectivity index (χ3v) is 3.84. The molecule has 23 heavy (non-hydrogen) atoms. The minimum Gasteiger partial charge on any atom is -0.493 e. The van der Waals surface area contributed by atoms with Crippen LogP contribution in [0.5, 0.6) is 11.5 Å². The first-order valence-corrected chi connectivity index (χ1v) is 7.38. The van der Waals surface area contributed by atoms with E-state index < -0.39 is 0 Å². The molecule has 0 aliphatic carbocycles. The molecule has 0 unspecified atom stereocenters. The van der Waals surface area contributed by atoms with Gasteiger partial charge in [0.05, 0.1) is 19.7 Å². The highest BCUT2D eigenvalue weighted by atomic mass is 35.5. The molecule has 3 N–H and O–H groups in total. The van der Waals surface area contributed by atoms with Crippen molar-refractivity contribution in [3.05, 3.63) is 12.1 Å². The predicted molar refractivity (Wildman–Crippen MR) is 94.0 cm³/mol. The maximum Gasteiger partial charge on any atom is 0.227 e. The molecule has 8 heteroatoms. The zero-order valence-corrected chi connectivity index (χ0v) is 14.2. The van der Waals surface area contributed by atoms with Crippen LogP contribution in [0.4, 0.5) is 11.8 Å². The topological polar surface area (TPSA) is 85.5 Å². The lowest BCUT2D eigenvalue weighted by atomic mass is 10.2. The molecule has 1 aliphatic heterocycles. The Morgan fingerprint density at radius 3 is 2.57 bits per heavy atom. The first-order chi connectivity index (χ1) is 10.7. The van der Waals surface area contributed by atoms with Crippen molar-refractivity contribution in [3.63, 3.8) is 0 Å². The Morgan fingerprint density at radius 2 is 1.83 bits per heavy atom. The smallest absolute Gasteiger partial charge is 0.227 e. The number of nitrogens with one attached hydrogen (secondary N) is 1. The van der Waals surface area contributed by atoms with Crippen LogP contribution in [0, 0.1) is 0 Å². The molecule has 0 atom stereocenters. The van der Waals surface area contributed by atoms with Gasteiger partial charge in [-0.15, -0.1) is 12.4 Å². The third kappa shape index (κ3) is 3.51. The molecule has 0 saturated carbocycles. The second-order valence-electron chi connectivity index (χ2n) is 5.22. The number of methoxy groups -OCH3 is 2. The zero-order chi connectivity index (χ0) is 15.5. The summed E-state index contributed by atoms with van der Waals surface area (Å²) >= 11 is 0. The van der Waals surface area contributed by atoms with Crippen molar-refractivity contribution in [1.29, 1.82) is 0 Å². The lowest BCUT2D eigenvalue weighted by Gasteiger charge is -2.20. The van der Waals surface area contributed by atoms with E-state index in [2.05, 4.69) is 20.2 Å². The second-order valence-corrected chi connectivity index (χ2v) is 5.22. The Bertz CT molecular complexity index is 674. The van der Waals surface area contributed by atoms with Crippen molar-refractivity contribution < 1.29 is 9.47 Å². The van der Waals surface area contributed by atoms with E-state index in [1.807, 2.05) is 12.1 Å². The summed E-state index contributed by atoms with van der Waals surface area (Å²) in [6, 6.07) is 3.66. The number of nitrogens with two attached hydrogens (primary N) is 1. The van der Waals surface area contributed by atoms with Gasteiger partial charge in [0.1, 0.15) is 5.82 Å². The number of ether oxygens (including phenoxy) is 2. The zero-order valence-electron chi connectivity index (χ0n) is 13.3. The Labute approximate surface area is 141 Å². The van der Waals surface area contributed by atoms with Gasteiger partial charge in [-0.25, -0.2) is 4.98 Å². The lowest BCUT2D eigenvalue weighted by Crippen LogP contribution is -2.29. The van der Waals surface area contributed by atoms with Gasteiger partial charge in [0.15, 0.2) is 11.5 Å². The molecule has 0 spiro atoms. The average molecular weight is 340 g/mol. The van der Waals surface area contributed by atoms with E-state index >= 15 is 0 Å². The molecule has 7 nitrogen and oxygen atoms in total. The number of nitrogens with zero attached hydrogens (tertiary/aromatic N) is 3. The highest BCUT2D eigenvalue weighted by Gasteiger charge is 2.16. The third-order valence-electron chi connectivity index (χ3n) is 3.84. The number of aromatic nitrogens is 2. The van der Waals surface area contributed by atoms with Gasteiger partial charge in [0.2, 0.25) is 5.95 Å². The summed E-state index contributed by atoms with van der Waals surface area (Å²) < 4.78 is 10.6. The van der Waals surface area contributed by atoms with Crippen molar-refractivity contribution in [2.75, 3.05) is 51.0 Å². The fourth-order valence-electron chi connectivity index (χ4n) is 2.65. The van der Waals surface area contributed by atoms with Gasteiger partial charge in [-0.3, -0.25) is 0 Å². The monoisotopic (exact) mass is 339 g/mol. The first kappa shape index (κ1) is 17.4. The van der Waals surface area contributed by atoms with Gasteiger partial charge in [-0.1, -0.05) is 0 Å². The van der Waals surface area contributed by atoms with Crippen LogP contribution in [-0.2, 0) is 0 Å². The van der Waals surface area contributed by atoms with Crippen LogP contribution in [-0.4, -0.2) is 50.4 Å². The van der Waals surface area contributed by atoms with Gasteiger partial charge in [0, 0.05) is 31.1 Å². The standard InChI is InChI=1S/C15H21N5O2.ClH/c1-21-12-8-10-11(9-13(12)22-2)18-15(19-14(10)16)20-6-3-4-17-5-7-20;/h8-9,17H,3-7H2,1-2H3,(H2,16,18,19);1H. The van der Waals surface area contributed by atoms with Crippen molar-refractivity contribution >= 4 is 35.1 Å².